The molecule has 1 aromatic carbocycles. The monoisotopic (exact) mass is 344 g/mol. The van der Waals surface area contributed by atoms with E-state index in [1.165, 1.54) is 12.1 Å². The highest BCUT2D eigenvalue weighted by atomic mass is 16.6. The number of aromatic nitrogens is 2. The van der Waals surface area contributed by atoms with Crippen LogP contribution >= 0.6 is 0 Å². The van der Waals surface area contributed by atoms with Gasteiger partial charge in [-0.05, 0) is 30.3 Å². The normalized spacial score (nSPS) is 14.0. The molecule has 26 heavy (non-hydrogen) atoms. The lowest BCUT2D eigenvalue weighted by atomic mass is 10.1. The van der Waals surface area contributed by atoms with Crippen molar-refractivity contribution in [1.82, 2.24) is 9.97 Å². The SMILES string of the molecule is O=[N+]([O-])c1ccc2c(c1)/C(=N\c1ccccn1)N=C2Nc1ccccn1. The number of fused-ring (bicyclic) bond motifs is 1. The van der Waals surface area contributed by atoms with Crippen molar-refractivity contribution in [2.45, 2.75) is 0 Å². The van der Waals surface area contributed by atoms with Gasteiger partial charge in [-0.25, -0.2) is 20.0 Å². The topological polar surface area (TPSA) is 106 Å². The summed E-state index contributed by atoms with van der Waals surface area (Å²) in [5.41, 5.74) is 1.27. The summed E-state index contributed by atoms with van der Waals surface area (Å²) in [4.78, 5) is 28.0. The predicted molar refractivity (Wildman–Crippen MR) is 97.9 cm³/mol. The van der Waals surface area contributed by atoms with Gasteiger partial charge in [0, 0.05) is 35.7 Å². The largest absolute Gasteiger partial charge is 0.324 e. The third-order valence-electron chi connectivity index (χ3n) is 3.71. The molecule has 1 aliphatic heterocycles. The number of benzene rings is 1. The number of hydrogen-bond acceptors (Lipinski definition) is 6. The maximum atomic E-state index is 11.1. The van der Waals surface area contributed by atoms with E-state index in [-0.39, 0.29) is 5.69 Å². The number of nitrogens with one attached hydrogen (secondary N) is 1. The molecule has 0 unspecified atom stereocenters. The molecule has 0 atom stereocenters. The first-order valence-electron chi connectivity index (χ1n) is 7.76. The first kappa shape index (κ1) is 15.6. The average Bonchev–Trinajstić information content (AvgIpc) is 3.00. The molecule has 8 heteroatoms. The first-order chi connectivity index (χ1) is 12.7. The molecule has 1 N–H and O–H groups in total. The number of pyridine rings is 2. The number of amidine groups is 2. The molecule has 3 heterocycles. The van der Waals surface area contributed by atoms with Crippen LogP contribution in [-0.4, -0.2) is 26.6 Å². The van der Waals surface area contributed by atoms with Crippen molar-refractivity contribution in [3.8, 4) is 0 Å². The van der Waals surface area contributed by atoms with E-state index in [2.05, 4.69) is 25.3 Å². The van der Waals surface area contributed by atoms with Gasteiger partial charge in [-0.15, -0.1) is 0 Å². The molecule has 0 amide bonds. The van der Waals surface area contributed by atoms with Crippen LogP contribution in [-0.2, 0) is 0 Å². The molecule has 2 aromatic heterocycles. The Balaban J connectivity index is 1.80. The highest BCUT2D eigenvalue weighted by Gasteiger charge is 2.25. The fourth-order valence-electron chi connectivity index (χ4n) is 2.53. The Morgan fingerprint density at radius 3 is 2.46 bits per heavy atom. The Morgan fingerprint density at radius 2 is 1.77 bits per heavy atom. The maximum absolute atomic E-state index is 11.1. The van der Waals surface area contributed by atoms with Gasteiger partial charge in [-0.3, -0.25) is 10.1 Å². The van der Waals surface area contributed by atoms with Crippen LogP contribution in [0.4, 0.5) is 17.3 Å². The Hall–Kier alpha value is -3.94. The van der Waals surface area contributed by atoms with E-state index >= 15 is 0 Å². The molecule has 0 saturated heterocycles. The Labute approximate surface area is 148 Å². The number of anilines is 1. The smallest absolute Gasteiger partial charge is 0.270 e. The van der Waals surface area contributed by atoms with Gasteiger partial charge in [0.05, 0.1) is 4.92 Å². The summed E-state index contributed by atoms with van der Waals surface area (Å²) in [7, 11) is 0. The summed E-state index contributed by atoms with van der Waals surface area (Å²) in [5.74, 6) is 1.99. The van der Waals surface area contributed by atoms with Gasteiger partial charge in [0.1, 0.15) is 11.7 Å². The maximum Gasteiger partial charge on any atom is 0.270 e. The molecule has 8 nitrogen and oxygen atoms in total. The summed E-state index contributed by atoms with van der Waals surface area (Å²) >= 11 is 0. The van der Waals surface area contributed by atoms with Crippen LogP contribution in [0.2, 0.25) is 0 Å². The highest BCUT2D eigenvalue weighted by molar-refractivity contribution is 6.26. The number of aliphatic imine (C=N–C) groups is 2. The van der Waals surface area contributed by atoms with Crippen LogP contribution in [0.25, 0.3) is 0 Å². The Morgan fingerprint density at radius 1 is 0.962 bits per heavy atom. The summed E-state index contributed by atoms with van der Waals surface area (Å²) in [5, 5.41) is 14.3. The van der Waals surface area contributed by atoms with Gasteiger partial charge in [0.25, 0.3) is 5.69 Å². The molecular formula is C18H12N6O2. The highest BCUT2D eigenvalue weighted by Crippen LogP contribution is 2.26. The van der Waals surface area contributed by atoms with Crippen molar-refractivity contribution < 1.29 is 4.92 Å². The van der Waals surface area contributed by atoms with Crippen molar-refractivity contribution in [2.24, 2.45) is 9.98 Å². The van der Waals surface area contributed by atoms with E-state index < -0.39 is 4.92 Å². The second kappa shape index (κ2) is 6.52. The minimum atomic E-state index is -0.442. The lowest BCUT2D eigenvalue weighted by Gasteiger charge is -2.05. The molecule has 0 radical (unpaired) electrons. The average molecular weight is 344 g/mol. The molecule has 4 rings (SSSR count). The minimum Gasteiger partial charge on any atom is -0.324 e. The van der Waals surface area contributed by atoms with Crippen molar-refractivity contribution in [2.75, 3.05) is 5.32 Å². The van der Waals surface area contributed by atoms with Crippen LogP contribution in [0, 0.1) is 10.1 Å². The molecule has 0 fully saturated rings. The third kappa shape index (κ3) is 3.03. The molecule has 1 aliphatic rings. The molecule has 0 bridgehead atoms. The van der Waals surface area contributed by atoms with Crippen LogP contribution in [0.15, 0.2) is 77.0 Å². The third-order valence-corrected chi connectivity index (χ3v) is 3.71. The van der Waals surface area contributed by atoms with E-state index in [9.17, 15) is 10.1 Å². The second-order valence-corrected chi connectivity index (χ2v) is 5.41. The zero-order valence-electron chi connectivity index (χ0n) is 13.4. The molecular weight excluding hydrogens is 332 g/mol. The van der Waals surface area contributed by atoms with Gasteiger partial charge in [-0.1, -0.05) is 12.1 Å². The van der Waals surface area contributed by atoms with Crippen LogP contribution < -0.4 is 5.32 Å². The van der Waals surface area contributed by atoms with E-state index in [1.807, 2.05) is 24.3 Å². The number of nitrogens with zero attached hydrogens (tertiary/aromatic N) is 5. The summed E-state index contributed by atoms with van der Waals surface area (Å²) < 4.78 is 0. The zero-order valence-corrected chi connectivity index (χ0v) is 13.4. The Bertz CT molecular complexity index is 1030. The second-order valence-electron chi connectivity index (χ2n) is 5.41. The van der Waals surface area contributed by atoms with E-state index in [1.54, 1.807) is 30.6 Å². The summed E-state index contributed by atoms with van der Waals surface area (Å²) in [6.07, 6.45) is 3.29. The number of non-ortho nitro benzene ring substituents is 1. The van der Waals surface area contributed by atoms with Crippen LogP contribution in [0.1, 0.15) is 11.1 Å². The van der Waals surface area contributed by atoms with Crippen molar-refractivity contribution in [3.63, 3.8) is 0 Å². The number of hydrogen-bond donors (Lipinski definition) is 1. The van der Waals surface area contributed by atoms with Crippen molar-refractivity contribution >= 4 is 29.0 Å². The van der Waals surface area contributed by atoms with E-state index in [0.29, 0.717) is 28.9 Å². The lowest BCUT2D eigenvalue weighted by molar-refractivity contribution is -0.384. The fraction of sp³-hybridized carbons (Fsp3) is 0. The molecule has 126 valence electrons. The van der Waals surface area contributed by atoms with Crippen LogP contribution in [0.5, 0.6) is 0 Å². The minimum absolute atomic E-state index is 0.0215. The lowest BCUT2D eigenvalue weighted by Crippen LogP contribution is -2.12. The molecule has 0 saturated carbocycles. The van der Waals surface area contributed by atoms with Gasteiger partial charge in [0.2, 0.25) is 0 Å². The van der Waals surface area contributed by atoms with Gasteiger partial charge in [-0.2, -0.15) is 0 Å². The van der Waals surface area contributed by atoms with Crippen molar-refractivity contribution in [1.29, 1.82) is 0 Å². The number of nitro groups is 1. The number of rotatable bonds is 3. The quantitative estimate of drug-likeness (QED) is 0.579. The van der Waals surface area contributed by atoms with Crippen LogP contribution in [0.3, 0.4) is 0 Å². The van der Waals surface area contributed by atoms with E-state index in [0.717, 1.165) is 5.56 Å². The van der Waals surface area contributed by atoms with Gasteiger partial charge >= 0.3 is 0 Å². The van der Waals surface area contributed by atoms with E-state index in [4.69, 9.17) is 0 Å². The molecule has 3 aromatic rings. The summed E-state index contributed by atoms with van der Waals surface area (Å²) in [6, 6.07) is 15.4. The predicted octanol–water partition coefficient (Wildman–Crippen LogP) is 3.34. The summed E-state index contributed by atoms with van der Waals surface area (Å²) in [6.45, 7) is 0. The molecule has 0 aliphatic carbocycles. The van der Waals surface area contributed by atoms with Crippen molar-refractivity contribution in [3.05, 3.63) is 88.2 Å². The fourth-order valence-corrected chi connectivity index (χ4v) is 2.53. The first-order valence-corrected chi connectivity index (χ1v) is 7.76. The molecule has 0 spiro atoms. The number of nitro benzene ring substituents is 1. The standard InChI is InChI=1S/C18H12N6O2/c25-24(26)12-7-8-13-14(11-12)18(22-16-6-2-4-10-20-16)23-17(13)21-15-5-1-3-9-19-15/h1-11H,(H,19,20,21,22,23). The zero-order chi connectivity index (χ0) is 17.9. The Kier molecular flexibility index (Phi) is 3.91. The van der Waals surface area contributed by atoms with Gasteiger partial charge < -0.3 is 5.32 Å². The van der Waals surface area contributed by atoms with Gasteiger partial charge in [0.15, 0.2) is 11.7 Å².